The molecule has 0 aliphatic heterocycles. The number of halogens is 1. The van der Waals surface area contributed by atoms with Gasteiger partial charge in [0.1, 0.15) is 18.5 Å². The van der Waals surface area contributed by atoms with Crippen LogP contribution in [0, 0.1) is 0 Å². The number of aromatic nitrogens is 1. The fraction of sp³-hybridized carbons (Fsp3) is 0.643. The Morgan fingerprint density at radius 3 is 2.53 bits per heavy atom. The second-order valence-corrected chi connectivity index (χ2v) is 5.33. The van der Waals surface area contributed by atoms with Crippen molar-refractivity contribution in [3.8, 4) is 5.75 Å². The highest BCUT2D eigenvalue weighted by Crippen LogP contribution is 2.21. The van der Waals surface area contributed by atoms with Crippen LogP contribution in [0.15, 0.2) is 18.3 Å². The van der Waals surface area contributed by atoms with Gasteiger partial charge in [-0.15, -0.1) is 0 Å². The van der Waals surface area contributed by atoms with Gasteiger partial charge in [-0.3, -0.25) is 4.98 Å². The Morgan fingerprint density at radius 2 is 2.06 bits per heavy atom. The molecule has 0 spiro atoms. The van der Waals surface area contributed by atoms with E-state index in [4.69, 9.17) is 4.74 Å². The Kier molecular flexibility index (Phi) is 4.91. The Hall–Kier alpha value is -1.12. The molecule has 1 unspecified atom stereocenters. The maximum atomic E-state index is 13.2. The Labute approximate surface area is 103 Å². The van der Waals surface area contributed by atoms with Crippen molar-refractivity contribution in [1.29, 1.82) is 0 Å². The van der Waals surface area contributed by atoms with Crippen LogP contribution >= 0.6 is 0 Å². The molecule has 0 radical (unpaired) electrons. The molecule has 1 aromatic heterocycles. The Balaban J connectivity index is 2.51. The lowest BCUT2D eigenvalue weighted by Gasteiger charge is -2.17. The number of nitrogens with zero attached hydrogens (tertiary/aromatic N) is 1. The van der Waals surface area contributed by atoms with Gasteiger partial charge >= 0.3 is 0 Å². The van der Waals surface area contributed by atoms with E-state index in [0.29, 0.717) is 12.2 Å². The van der Waals surface area contributed by atoms with Crippen LogP contribution in [-0.2, 0) is 5.41 Å². The van der Waals surface area contributed by atoms with E-state index in [1.807, 2.05) is 19.1 Å². The quantitative estimate of drug-likeness (QED) is 0.777. The van der Waals surface area contributed by atoms with E-state index in [2.05, 4.69) is 25.8 Å². The highest BCUT2D eigenvalue weighted by atomic mass is 19.1. The third-order valence-corrected chi connectivity index (χ3v) is 2.54. The van der Waals surface area contributed by atoms with Crippen LogP contribution in [0.25, 0.3) is 0 Å². The van der Waals surface area contributed by atoms with E-state index in [1.165, 1.54) is 0 Å². The summed E-state index contributed by atoms with van der Waals surface area (Å²) in [6, 6.07) is 3.79. The number of hydrogen-bond donors (Lipinski definition) is 0. The number of ether oxygens (including phenoxy) is 1. The minimum Gasteiger partial charge on any atom is -0.489 e. The fourth-order valence-electron chi connectivity index (χ4n) is 1.49. The van der Waals surface area contributed by atoms with Gasteiger partial charge in [0.15, 0.2) is 0 Å². The lowest BCUT2D eigenvalue weighted by atomic mass is 9.92. The molecule has 1 heterocycles. The van der Waals surface area contributed by atoms with Gasteiger partial charge in [0.2, 0.25) is 0 Å². The molecule has 0 saturated heterocycles. The second kappa shape index (κ2) is 5.99. The first-order valence-corrected chi connectivity index (χ1v) is 6.17. The van der Waals surface area contributed by atoms with Gasteiger partial charge in [-0.25, -0.2) is 4.39 Å². The van der Waals surface area contributed by atoms with E-state index in [9.17, 15) is 4.39 Å². The molecule has 0 aliphatic rings. The first-order valence-electron chi connectivity index (χ1n) is 6.17. The lowest BCUT2D eigenvalue weighted by Crippen LogP contribution is -2.14. The van der Waals surface area contributed by atoms with Crippen LogP contribution in [0.5, 0.6) is 5.75 Å². The van der Waals surface area contributed by atoms with Gasteiger partial charge in [-0.1, -0.05) is 34.1 Å². The van der Waals surface area contributed by atoms with Crippen molar-refractivity contribution in [2.45, 2.75) is 52.1 Å². The largest absolute Gasteiger partial charge is 0.489 e. The summed E-state index contributed by atoms with van der Waals surface area (Å²) in [7, 11) is 0. The molecule has 96 valence electrons. The van der Waals surface area contributed by atoms with Crippen molar-refractivity contribution >= 4 is 0 Å². The summed E-state index contributed by atoms with van der Waals surface area (Å²) in [5, 5.41) is 0. The molecule has 0 aromatic carbocycles. The van der Waals surface area contributed by atoms with Crippen LogP contribution in [-0.4, -0.2) is 17.8 Å². The average Bonchev–Trinajstić information content (AvgIpc) is 2.26. The molecule has 2 nitrogen and oxygen atoms in total. The third-order valence-electron chi connectivity index (χ3n) is 2.54. The van der Waals surface area contributed by atoms with E-state index < -0.39 is 6.17 Å². The van der Waals surface area contributed by atoms with Crippen LogP contribution in [0.3, 0.4) is 0 Å². The summed E-state index contributed by atoms with van der Waals surface area (Å²) in [5.74, 6) is 0.636. The van der Waals surface area contributed by atoms with Gasteiger partial charge in [-0.2, -0.15) is 0 Å². The minimum atomic E-state index is -0.887. The smallest absolute Gasteiger partial charge is 0.137 e. The van der Waals surface area contributed by atoms with Crippen molar-refractivity contribution in [3.05, 3.63) is 24.0 Å². The standard InChI is InChI=1S/C14H22FNO/c1-5-6-11(15)10-17-12-7-8-13(16-9-12)14(2,3)4/h7-9,11H,5-6,10H2,1-4H3. The molecule has 0 aliphatic carbocycles. The zero-order valence-corrected chi connectivity index (χ0v) is 11.2. The van der Waals surface area contributed by atoms with E-state index >= 15 is 0 Å². The van der Waals surface area contributed by atoms with E-state index in [1.54, 1.807) is 6.20 Å². The summed E-state index contributed by atoms with van der Waals surface area (Å²) >= 11 is 0. The molecule has 0 saturated carbocycles. The average molecular weight is 239 g/mol. The highest BCUT2D eigenvalue weighted by molar-refractivity contribution is 5.23. The van der Waals surface area contributed by atoms with Crippen molar-refractivity contribution in [1.82, 2.24) is 4.98 Å². The van der Waals surface area contributed by atoms with Crippen molar-refractivity contribution < 1.29 is 9.13 Å². The molecule has 0 bridgehead atoms. The molecule has 3 heteroatoms. The van der Waals surface area contributed by atoms with Crippen LogP contribution in [0.1, 0.15) is 46.2 Å². The van der Waals surface area contributed by atoms with Gasteiger partial charge in [0.25, 0.3) is 0 Å². The van der Waals surface area contributed by atoms with Crippen molar-refractivity contribution in [2.75, 3.05) is 6.61 Å². The van der Waals surface area contributed by atoms with Gasteiger partial charge in [0.05, 0.1) is 6.20 Å². The predicted molar refractivity (Wildman–Crippen MR) is 68.2 cm³/mol. The zero-order chi connectivity index (χ0) is 12.9. The summed E-state index contributed by atoms with van der Waals surface area (Å²) in [6.07, 6.45) is 2.17. The summed E-state index contributed by atoms with van der Waals surface area (Å²) in [5.41, 5.74) is 1.04. The first kappa shape index (κ1) is 13.9. The minimum absolute atomic E-state index is 0.0311. The van der Waals surface area contributed by atoms with E-state index in [-0.39, 0.29) is 12.0 Å². The molecular weight excluding hydrogens is 217 g/mol. The number of hydrogen-bond acceptors (Lipinski definition) is 2. The molecule has 1 atom stereocenters. The maximum absolute atomic E-state index is 13.2. The number of pyridine rings is 1. The van der Waals surface area contributed by atoms with Gasteiger partial charge in [0, 0.05) is 11.1 Å². The van der Waals surface area contributed by atoms with Crippen LogP contribution in [0.4, 0.5) is 4.39 Å². The normalized spacial score (nSPS) is 13.5. The molecule has 17 heavy (non-hydrogen) atoms. The molecule has 1 rings (SSSR count). The molecular formula is C14H22FNO. The Bertz CT molecular complexity index is 329. The molecule has 1 aromatic rings. The maximum Gasteiger partial charge on any atom is 0.137 e. The van der Waals surface area contributed by atoms with Crippen molar-refractivity contribution in [2.24, 2.45) is 0 Å². The molecule has 0 amide bonds. The molecule has 0 fully saturated rings. The number of alkyl halides is 1. The second-order valence-electron chi connectivity index (χ2n) is 5.33. The first-order chi connectivity index (χ1) is 7.93. The third kappa shape index (κ3) is 4.72. The van der Waals surface area contributed by atoms with Crippen molar-refractivity contribution in [3.63, 3.8) is 0 Å². The molecule has 0 N–H and O–H groups in total. The number of rotatable bonds is 5. The van der Waals surface area contributed by atoms with Gasteiger partial charge in [-0.05, 0) is 18.6 Å². The SMILES string of the molecule is CCCC(F)COc1ccc(C(C)(C)C)nc1. The summed E-state index contributed by atoms with van der Waals surface area (Å²) in [6.45, 7) is 8.40. The lowest BCUT2D eigenvalue weighted by molar-refractivity contribution is 0.186. The van der Waals surface area contributed by atoms with Crippen LogP contribution < -0.4 is 4.74 Å². The Morgan fingerprint density at radius 1 is 1.35 bits per heavy atom. The highest BCUT2D eigenvalue weighted by Gasteiger charge is 2.15. The monoisotopic (exact) mass is 239 g/mol. The summed E-state index contributed by atoms with van der Waals surface area (Å²) < 4.78 is 18.6. The summed E-state index contributed by atoms with van der Waals surface area (Å²) in [4.78, 5) is 4.33. The van der Waals surface area contributed by atoms with Gasteiger partial charge < -0.3 is 4.74 Å². The topological polar surface area (TPSA) is 22.1 Å². The predicted octanol–water partition coefficient (Wildman–Crippen LogP) is 3.90. The zero-order valence-electron chi connectivity index (χ0n) is 11.2. The van der Waals surface area contributed by atoms with E-state index in [0.717, 1.165) is 12.1 Å². The fourth-order valence-corrected chi connectivity index (χ4v) is 1.49. The van der Waals surface area contributed by atoms with Crippen LogP contribution in [0.2, 0.25) is 0 Å².